The molecule has 0 bridgehead atoms. The van der Waals surface area contributed by atoms with Crippen LogP contribution in [0, 0.1) is 5.82 Å². The Bertz CT molecular complexity index is 1220. The lowest BCUT2D eigenvalue weighted by Gasteiger charge is -2.13. The fraction of sp³-hybridized carbons (Fsp3) is 0.0952. The van der Waals surface area contributed by atoms with Crippen LogP contribution in [0.3, 0.4) is 0 Å². The van der Waals surface area contributed by atoms with Gasteiger partial charge in [-0.05, 0) is 41.8 Å². The van der Waals surface area contributed by atoms with Crippen LogP contribution in [0.5, 0.6) is 0 Å². The van der Waals surface area contributed by atoms with Gasteiger partial charge in [-0.3, -0.25) is 9.36 Å². The normalized spacial score (nSPS) is 10.8. The van der Waals surface area contributed by atoms with Crippen LogP contribution in [0.2, 0.25) is 0 Å². The molecule has 4 rings (SSSR count). The number of carbonyl (C=O) groups is 1. The van der Waals surface area contributed by atoms with E-state index >= 15 is 0 Å². The van der Waals surface area contributed by atoms with E-state index < -0.39 is 17.4 Å². The van der Waals surface area contributed by atoms with Crippen molar-refractivity contribution in [2.75, 3.05) is 10.6 Å². The molecule has 0 saturated carbocycles. The maximum Gasteiger partial charge on any atom is 0.350 e. The Morgan fingerprint density at radius 2 is 1.97 bits per heavy atom. The van der Waals surface area contributed by atoms with Gasteiger partial charge in [0.15, 0.2) is 0 Å². The standard InChI is InChI=1S/C21H17FN4O2S/c22-14-5-3-6-15(11-14)24-19(27)13-26-18-9-2-1-8-17(18)20(25-21(26)28)23-12-16-7-4-10-29-16/h1-11H,12-13H2,(H,24,27)(H,23,25,28). The van der Waals surface area contributed by atoms with Gasteiger partial charge in [0.25, 0.3) is 0 Å². The smallest absolute Gasteiger partial charge is 0.350 e. The van der Waals surface area contributed by atoms with Gasteiger partial charge in [-0.2, -0.15) is 4.98 Å². The Kier molecular flexibility index (Phi) is 5.35. The van der Waals surface area contributed by atoms with Gasteiger partial charge in [0.1, 0.15) is 18.2 Å². The van der Waals surface area contributed by atoms with E-state index in [0.29, 0.717) is 23.6 Å². The summed E-state index contributed by atoms with van der Waals surface area (Å²) in [6, 6.07) is 16.8. The molecule has 8 heteroatoms. The first-order valence-corrected chi connectivity index (χ1v) is 9.79. The third-order valence-corrected chi connectivity index (χ3v) is 5.18. The number of fused-ring (bicyclic) bond motifs is 1. The number of amides is 1. The third-order valence-electron chi connectivity index (χ3n) is 4.31. The minimum absolute atomic E-state index is 0.228. The fourth-order valence-corrected chi connectivity index (χ4v) is 3.66. The number of nitrogens with one attached hydrogen (secondary N) is 2. The second-order valence-electron chi connectivity index (χ2n) is 6.34. The van der Waals surface area contributed by atoms with Crippen molar-refractivity contribution in [3.8, 4) is 0 Å². The number of hydrogen-bond donors (Lipinski definition) is 2. The molecule has 146 valence electrons. The first-order valence-electron chi connectivity index (χ1n) is 8.91. The highest BCUT2D eigenvalue weighted by Gasteiger charge is 2.13. The molecule has 6 nitrogen and oxygen atoms in total. The van der Waals surface area contributed by atoms with Crippen molar-refractivity contribution >= 4 is 39.7 Å². The van der Waals surface area contributed by atoms with Gasteiger partial charge < -0.3 is 10.6 Å². The maximum atomic E-state index is 13.3. The SMILES string of the molecule is O=C(Cn1c(=O)nc(NCc2cccs2)c2ccccc21)Nc1cccc(F)c1. The van der Waals surface area contributed by atoms with E-state index in [1.807, 2.05) is 29.6 Å². The maximum absolute atomic E-state index is 13.3. The summed E-state index contributed by atoms with van der Waals surface area (Å²) in [5.41, 5.74) is 0.386. The highest BCUT2D eigenvalue weighted by atomic mass is 32.1. The topological polar surface area (TPSA) is 76.0 Å². The summed E-state index contributed by atoms with van der Waals surface area (Å²) in [7, 11) is 0. The van der Waals surface area contributed by atoms with Gasteiger partial charge in [-0.15, -0.1) is 11.3 Å². The number of benzene rings is 2. The predicted octanol–water partition coefficient (Wildman–Crippen LogP) is 3.85. The largest absolute Gasteiger partial charge is 0.364 e. The molecule has 4 aromatic rings. The average Bonchev–Trinajstić information content (AvgIpc) is 3.22. The van der Waals surface area contributed by atoms with Crippen LogP contribution in [0.25, 0.3) is 10.9 Å². The molecule has 0 spiro atoms. The monoisotopic (exact) mass is 408 g/mol. The summed E-state index contributed by atoms with van der Waals surface area (Å²) in [4.78, 5) is 30.3. The molecule has 0 radical (unpaired) electrons. The van der Waals surface area contributed by atoms with Crippen molar-refractivity contribution in [2.45, 2.75) is 13.1 Å². The van der Waals surface area contributed by atoms with Gasteiger partial charge in [0.2, 0.25) is 5.91 Å². The number of para-hydroxylation sites is 1. The molecule has 0 aliphatic heterocycles. The zero-order valence-electron chi connectivity index (χ0n) is 15.3. The number of aromatic nitrogens is 2. The van der Waals surface area contributed by atoms with E-state index in [2.05, 4.69) is 15.6 Å². The molecule has 1 amide bonds. The number of rotatable bonds is 6. The van der Waals surface area contributed by atoms with E-state index in [4.69, 9.17) is 0 Å². The van der Waals surface area contributed by atoms with Gasteiger partial charge in [-0.1, -0.05) is 24.3 Å². The number of halogens is 1. The van der Waals surface area contributed by atoms with Crippen LogP contribution in [0.4, 0.5) is 15.9 Å². The van der Waals surface area contributed by atoms with Crippen molar-refractivity contribution < 1.29 is 9.18 Å². The molecule has 2 heterocycles. The van der Waals surface area contributed by atoms with Crippen LogP contribution in [-0.4, -0.2) is 15.5 Å². The highest BCUT2D eigenvalue weighted by Crippen LogP contribution is 2.21. The van der Waals surface area contributed by atoms with Crippen molar-refractivity contribution in [3.63, 3.8) is 0 Å². The Balaban J connectivity index is 1.61. The van der Waals surface area contributed by atoms with Crippen molar-refractivity contribution in [2.24, 2.45) is 0 Å². The Hall–Kier alpha value is -3.52. The van der Waals surface area contributed by atoms with E-state index in [9.17, 15) is 14.0 Å². The van der Waals surface area contributed by atoms with Gasteiger partial charge >= 0.3 is 5.69 Å². The molecule has 2 aromatic heterocycles. The minimum atomic E-state index is -0.535. The number of carbonyl (C=O) groups excluding carboxylic acids is 1. The van der Waals surface area contributed by atoms with Crippen LogP contribution < -0.4 is 16.3 Å². The Morgan fingerprint density at radius 1 is 1.10 bits per heavy atom. The number of nitrogens with zero attached hydrogens (tertiary/aromatic N) is 2. The summed E-state index contributed by atoms with van der Waals surface area (Å²) in [5.74, 6) is -0.419. The summed E-state index contributed by atoms with van der Waals surface area (Å²) in [5, 5.41) is 8.52. The molecule has 0 aliphatic carbocycles. The van der Waals surface area contributed by atoms with Crippen LogP contribution in [0.15, 0.2) is 70.8 Å². The Morgan fingerprint density at radius 3 is 2.76 bits per heavy atom. The third kappa shape index (κ3) is 4.33. The lowest BCUT2D eigenvalue weighted by atomic mass is 10.2. The van der Waals surface area contributed by atoms with Crippen molar-refractivity contribution in [1.82, 2.24) is 9.55 Å². The lowest BCUT2D eigenvalue weighted by Crippen LogP contribution is -2.30. The van der Waals surface area contributed by atoms with Crippen molar-refractivity contribution in [3.05, 3.63) is 87.2 Å². The minimum Gasteiger partial charge on any atom is -0.364 e. The molecular weight excluding hydrogens is 391 g/mol. The van der Waals surface area contributed by atoms with E-state index in [-0.39, 0.29) is 6.54 Å². The first kappa shape index (κ1) is 18.8. The van der Waals surface area contributed by atoms with E-state index in [1.165, 1.54) is 22.8 Å². The van der Waals surface area contributed by atoms with E-state index in [1.54, 1.807) is 29.5 Å². The molecule has 0 fully saturated rings. The molecule has 0 saturated heterocycles. The zero-order valence-corrected chi connectivity index (χ0v) is 16.1. The molecule has 2 aromatic carbocycles. The molecule has 0 atom stereocenters. The fourth-order valence-electron chi connectivity index (χ4n) is 3.01. The second-order valence-corrected chi connectivity index (χ2v) is 7.37. The van der Waals surface area contributed by atoms with Crippen LogP contribution in [0.1, 0.15) is 4.88 Å². The van der Waals surface area contributed by atoms with Crippen molar-refractivity contribution in [1.29, 1.82) is 0 Å². The number of hydrogen-bond acceptors (Lipinski definition) is 5. The van der Waals surface area contributed by atoms with E-state index in [0.717, 1.165) is 10.3 Å². The lowest BCUT2D eigenvalue weighted by molar-refractivity contribution is -0.116. The van der Waals surface area contributed by atoms with Gasteiger partial charge in [0, 0.05) is 16.0 Å². The summed E-state index contributed by atoms with van der Waals surface area (Å²) >= 11 is 1.61. The zero-order chi connectivity index (χ0) is 20.2. The quantitative estimate of drug-likeness (QED) is 0.508. The van der Waals surface area contributed by atoms with Crippen LogP contribution >= 0.6 is 11.3 Å². The molecule has 29 heavy (non-hydrogen) atoms. The molecule has 0 unspecified atom stereocenters. The highest BCUT2D eigenvalue weighted by molar-refractivity contribution is 7.09. The Labute approximate surface area is 169 Å². The first-order chi connectivity index (χ1) is 14.1. The summed E-state index contributed by atoms with van der Waals surface area (Å²) in [6.45, 7) is 0.326. The van der Waals surface area contributed by atoms with Crippen LogP contribution in [-0.2, 0) is 17.9 Å². The molecule has 0 aliphatic rings. The predicted molar refractivity (Wildman–Crippen MR) is 113 cm³/mol. The second kappa shape index (κ2) is 8.24. The number of thiophene rings is 1. The van der Waals surface area contributed by atoms with Gasteiger partial charge in [-0.25, -0.2) is 9.18 Å². The molecule has 2 N–H and O–H groups in total. The summed E-state index contributed by atoms with van der Waals surface area (Å²) in [6.07, 6.45) is 0. The molecular formula is C21H17FN4O2S. The average molecular weight is 408 g/mol. The van der Waals surface area contributed by atoms with Gasteiger partial charge in [0.05, 0.1) is 12.1 Å². The summed E-state index contributed by atoms with van der Waals surface area (Å²) < 4.78 is 14.6. The number of anilines is 2.